The highest BCUT2D eigenvalue weighted by molar-refractivity contribution is 5.48. The second kappa shape index (κ2) is 6.15. The van der Waals surface area contributed by atoms with Crippen molar-refractivity contribution in [2.24, 2.45) is 7.05 Å². The highest BCUT2D eigenvalue weighted by atomic mass is 15.3. The van der Waals surface area contributed by atoms with E-state index < -0.39 is 0 Å². The molecular formula is C18H25N7. The van der Waals surface area contributed by atoms with Crippen molar-refractivity contribution in [1.82, 2.24) is 29.3 Å². The zero-order valence-electron chi connectivity index (χ0n) is 15.1. The van der Waals surface area contributed by atoms with Gasteiger partial charge in [-0.25, -0.2) is 4.98 Å². The van der Waals surface area contributed by atoms with E-state index in [0.717, 1.165) is 43.1 Å². The number of aromatic nitrogens is 5. The van der Waals surface area contributed by atoms with Crippen molar-refractivity contribution in [3.63, 3.8) is 0 Å². The van der Waals surface area contributed by atoms with Gasteiger partial charge in [-0.2, -0.15) is 14.7 Å². The summed E-state index contributed by atoms with van der Waals surface area (Å²) in [6.45, 7) is 7.16. The molecule has 4 rings (SSSR count). The molecule has 7 nitrogen and oxygen atoms in total. The van der Waals surface area contributed by atoms with Gasteiger partial charge in [-0.05, 0) is 33.2 Å². The Bertz CT molecular complexity index is 908. The number of piperidine rings is 1. The summed E-state index contributed by atoms with van der Waals surface area (Å²) in [6.07, 6.45) is 4.31. The van der Waals surface area contributed by atoms with Crippen molar-refractivity contribution >= 4 is 11.5 Å². The molecule has 1 atom stereocenters. The Morgan fingerprint density at radius 3 is 2.88 bits per heavy atom. The summed E-state index contributed by atoms with van der Waals surface area (Å²) in [5.74, 6) is 1.07. The second-order valence-electron chi connectivity index (χ2n) is 7.11. The fraction of sp³-hybridized carbons (Fsp3) is 0.500. The standard InChI is InChI=1S/C18H25N7/c1-12-7-18-21-16(8-17(19)25(18)22-12)14-5-4-6-24(10-14)11-15-9-20-23(3)13(15)2/h7-9,14H,4-6,10-11,19H2,1-3H3/t14-/m0/s1. The van der Waals surface area contributed by atoms with Crippen molar-refractivity contribution < 1.29 is 0 Å². The maximum atomic E-state index is 6.19. The second-order valence-corrected chi connectivity index (χ2v) is 7.11. The van der Waals surface area contributed by atoms with Gasteiger partial charge in [0.1, 0.15) is 5.82 Å². The van der Waals surface area contributed by atoms with Gasteiger partial charge in [0.15, 0.2) is 5.65 Å². The van der Waals surface area contributed by atoms with Crippen LogP contribution in [0.5, 0.6) is 0 Å². The Morgan fingerprint density at radius 1 is 1.28 bits per heavy atom. The monoisotopic (exact) mass is 339 g/mol. The fourth-order valence-electron chi connectivity index (χ4n) is 3.72. The molecule has 132 valence electrons. The minimum atomic E-state index is 0.410. The zero-order valence-corrected chi connectivity index (χ0v) is 15.1. The van der Waals surface area contributed by atoms with Crippen LogP contribution in [0, 0.1) is 13.8 Å². The van der Waals surface area contributed by atoms with Crippen LogP contribution in [0.4, 0.5) is 5.82 Å². The summed E-state index contributed by atoms with van der Waals surface area (Å²) in [6, 6.07) is 3.97. The molecule has 7 heteroatoms. The summed E-state index contributed by atoms with van der Waals surface area (Å²) in [5.41, 5.74) is 11.6. The lowest BCUT2D eigenvalue weighted by molar-refractivity contribution is 0.198. The lowest BCUT2D eigenvalue weighted by atomic mass is 9.94. The van der Waals surface area contributed by atoms with Gasteiger partial charge in [0.05, 0.1) is 17.6 Å². The minimum absolute atomic E-state index is 0.410. The zero-order chi connectivity index (χ0) is 17.6. The van der Waals surface area contributed by atoms with Gasteiger partial charge in [-0.15, -0.1) is 0 Å². The maximum absolute atomic E-state index is 6.19. The summed E-state index contributed by atoms with van der Waals surface area (Å²) in [7, 11) is 1.99. The molecule has 0 aromatic carbocycles. The van der Waals surface area contributed by atoms with Gasteiger partial charge in [0, 0.05) is 49.4 Å². The normalized spacial score (nSPS) is 18.9. The first-order chi connectivity index (χ1) is 12.0. The van der Waals surface area contributed by atoms with Crippen LogP contribution in [0.15, 0.2) is 18.3 Å². The van der Waals surface area contributed by atoms with E-state index in [2.05, 4.69) is 22.0 Å². The molecule has 1 aliphatic rings. The molecule has 4 heterocycles. The first-order valence-corrected chi connectivity index (χ1v) is 8.84. The third kappa shape index (κ3) is 3.00. The number of nitrogen functional groups attached to an aromatic ring is 1. The van der Waals surface area contributed by atoms with E-state index in [1.807, 2.05) is 37.0 Å². The van der Waals surface area contributed by atoms with Gasteiger partial charge in [-0.1, -0.05) is 0 Å². The van der Waals surface area contributed by atoms with E-state index in [9.17, 15) is 0 Å². The number of aryl methyl sites for hydroxylation is 2. The highest BCUT2D eigenvalue weighted by Gasteiger charge is 2.24. The SMILES string of the molecule is Cc1cc2nc([C@H]3CCCN(Cc4cnn(C)c4C)C3)cc(N)n2n1. The van der Waals surface area contributed by atoms with Crippen molar-refractivity contribution in [3.05, 3.63) is 41.0 Å². The number of nitrogens with zero attached hydrogens (tertiary/aromatic N) is 6. The van der Waals surface area contributed by atoms with E-state index in [1.165, 1.54) is 17.7 Å². The molecule has 2 N–H and O–H groups in total. The molecule has 1 aliphatic heterocycles. The molecule has 3 aromatic heterocycles. The topological polar surface area (TPSA) is 77.3 Å². The summed E-state index contributed by atoms with van der Waals surface area (Å²) < 4.78 is 3.66. The first kappa shape index (κ1) is 16.1. The predicted molar refractivity (Wildman–Crippen MR) is 97.3 cm³/mol. The Labute approximate surface area is 147 Å². The molecule has 25 heavy (non-hydrogen) atoms. The van der Waals surface area contributed by atoms with Crippen LogP contribution in [-0.4, -0.2) is 42.4 Å². The number of nitrogens with two attached hydrogens (primary N) is 1. The van der Waals surface area contributed by atoms with Crippen LogP contribution in [0.2, 0.25) is 0 Å². The molecule has 0 spiro atoms. The molecule has 0 amide bonds. The van der Waals surface area contributed by atoms with E-state index in [-0.39, 0.29) is 0 Å². The van der Waals surface area contributed by atoms with Crippen LogP contribution >= 0.6 is 0 Å². The predicted octanol–water partition coefficient (Wildman–Crippen LogP) is 2.04. The van der Waals surface area contributed by atoms with Crippen molar-refractivity contribution in [1.29, 1.82) is 0 Å². The molecule has 0 bridgehead atoms. The summed E-state index contributed by atoms with van der Waals surface area (Å²) >= 11 is 0. The average molecular weight is 339 g/mol. The van der Waals surface area contributed by atoms with E-state index in [4.69, 9.17) is 10.7 Å². The summed E-state index contributed by atoms with van der Waals surface area (Å²) in [5, 5.41) is 8.75. The quantitative estimate of drug-likeness (QED) is 0.790. The third-order valence-electron chi connectivity index (χ3n) is 5.25. The Morgan fingerprint density at radius 2 is 2.12 bits per heavy atom. The van der Waals surface area contributed by atoms with Crippen LogP contribution in [0.3, 0.4) is 0 Å². The molecule has 3 aromatic rings. The highest BCUT2D eigenvalue weighted by Crippen LogP contribution is 2.28. The average Bonchev–Trinajstić information content (AvgIpc) is 3.12. The number of fused-ring (bicyclic) bond motifs is 1. The fourth-order valence-corrected chi connectivity index (χ4v) is 3.72. The third-order valence-corrected chi connectivity index (χ3v) is 5.25. The molecule has 0 aliphatic carbocycles. The summed E-state index contributed by atoms with van der Waals surface area (Å²) in [4.78, 5) is 7.32. The van der Waals surface area contributed by atoms with Crippen LogP contribution in [0.25, 0.3) is 5.65 Å². The number of anilines is 1. The van der Waals surface area contributed by atoms with Gasteiger partial charge >= 0.3 is 0 Å². The smallest absolute Gasteiger partial charge is 0.157 e. The van der Waals surface area contributed by atoms with Gasteiger partial charge < -0.3 is 5.73 Å². The molecular weight excluding hydrogens is 314 g/mol. The lowest BCUT2D eigenvalue weighted by Gasteiger charge is -2.32. The molecule has 1 fully saturated rings. The largest absolute Gasteiger partial charge is 0.384 e. The Balaban J connectivity index is 1.55. The number of hydrogen-bond donors (Lipinski definition) is 1. The van der Waals surface area contributed by atoms with E-state index in [0.29, 0.717) is 11.7 Å². The lowest BCUT2D eigenvalue weighted by Crippen LogP contribution is -2.34. The van der Waals surface area contributed by atoms with Crippen molar-refractivity contribution in [3.8, 4) is 0 Å². The Hall–Kier alpha value is -2.41. The number of hydrogen-bond acceptors (Lipinski definition) is 5. The first-order valence-electron chi connectivity index (χ1n) is 8.84. The van der Waals surface area contributed by atoms with Crippen LogP contribution in [-0.2, 0) is 13.6 Å². The molecule has 0 saturated carbocycles. The molecule has 0 radical (unpaired) electrons. The number of rotatable bonds is 3. The van der Waals surface area contributed by atoms with Gasteiger partial charge in [-0.3, -0.25) is 9.58 Å². The minimum Gasteiger partial charge on any atom is -0.384 e. The van der Waals surface area contributed by atoms with E-state index in [1.54, 1.807) is 4.52 Å². The van der Waals surface area contributed by atoms with Crippen molar-refractivity contribution in [2.75, 3.05) is 18.8 Å². The van der Waals surface area contributed by atoms with Crippen LogP contribution < -0.4 is 5.73 Å². The van der Waals surface area contributed by atoms with E-state index >= 15 is 0 Å². The Kier molecular flexibility index (Phi) is 3.95. The van der Waals surface area contributed by atoms with Gasteiger partial charge in [0.25, 0.3) is 0 Å². The molecule has 1 saturated heterocycles. The van der Waals surface area contributed by atoms with Crippen molar-refractivity contribution in [2.45, 2.75) is 39.2 Å². The van der Waals surface area contributed by atoms with Gasteiger partial charge in [0.2, 0.25) is 0 Å². The number of likely N-dealkylation sites (tertiary alicyclic amines) is 1. The molecule has 0 unspecified atom stereocenters. The van der Waals surface area contributed by atoms with Crippen LogP contribution in [0.1, 0.15) is 41.4 Å². The maximum Gasteiger partial charge on any atom is 0.157 e.